The Balaban J connectivity index is 1.32. The van der Waals surface area contributed by atoms with E-state index in [9.17, 15) is 0 Å². The number of aromatic nitrogens is 2. The van der Waals surface area contributed by atoms with Gasteiger partial charge in [0, 0.05) is 37.6 Å². The van der Waals surface area contributed by atoms with E-state index in [1.54, 1.807) is 0 Å². The van der Waals surface area contributed by atoms with Gasteiger partial charge in [-0.25, -0.2) is 4.98 Å². The zero-order valence-corrected chi connectivity index (χ0v) is 16.5. The van der Waals surface area contributed by atoms with Crippen molar-refractivity contribution in [1.29, 1.82) is 0 Å². The van der Waals surface area contributed by atoms with Crippen molar-refractivity contribution in [2.24, 2.45) is 0 Å². The fourth-order valence-corrected chi connectivity index (χ4v) is 4.49. The Morgan fingerprint density at radius 1 is 1.07 bits per heavy atom. The third-order valence-corrected chi connectivity index (χ3v) is 6.06. The van der Waals surface area contributed by atoms with Crippen LogP contribution in [0.25, 0.3) is 0 Å². The average Bonchev–Trinajstić information content (AvgIpc) is 3.37. The summed E-state index contributed by atoms with van der Waals surface area (Å²) in [6.07, 6.45) is 7.13. The highest BCUT2D eigenvalue weighted by Crippen LogP contribution is 2.38. The van der Waals surface area contributed by atoms with E-state index in [2.05, 4.69) is 56.3 Å². The Morgan fingerprint density at radius 2 is 1.82 bits per heavy atom. The maximum atomic E-state index is 5.44. The standard InChI is InChI=1S/C21H28N6O/c1-25-15-27(18-4-2-3-5-18)20-19(25)14-22-21(24-20)23-16-6-8-17(9-7-16)26-10-12-28-13-11-26/h6-9,14,18H,2-5,10-13,15H2,1H3,(H,22,23,24). The first kappa shape index (κ1) is 17.6. The number of anilines is 5. The second-order valence-corrected chi connectivity index (χ2v) is 7.92. The van der Waals surface area contributed by atoms with Crippen LogP contribution in [0.15, 0.2) is 30.5 Å². The lowest BCUT2D eigenvalue weighted by molar-refractivity contribution is 0.122. The summed E-state index contributed by atoms with van der Waals surface area (Å²) < 4.78 is 5.44. The molecule has 1 N–H and O–H groups in total. The van der Waals surface area contributed by atoms with Crippen LogP contribution >= 0.6 is 0 Å². The fourth-order valence-electron chi connectivity index (χ4n) is 4.49. The smallest absolute Gasteiger partial charge is 0.229 e. The molecule has 3 heterocycles. The van der Waals surface area contributed by atoms with Crippen LogP contribution in [0.2, 0.25) is 0 Å². The SMILES string of the molecule is CN1CN(C2CCCC2)c2nc(Nc3ccc(N4CCOCC4)cc3)ncc21. The summed E-state index contributed by atoms with van der Waals surface area (Å²) in [5.74, 6) is 1.73. The number of hydrogen-bond acceptors (Lipinski definition) is 7. The number of benzene rings is 1. The van der Waals surface area contributed by atoms with E-state index in [1.165, 1.54) is 31.4 Å². The molecule has 2 fully saturated rings. The molecule has 1 aliphatic carbocycles. The largest absolute Gasteiger partial charge is 0.378 e. The first-order chi connectivity index (χ1) is 13.8. The van der Waals surface area contributed by atoms with E-state index in [0.29, 0.717) is 12.0 Å². The Bertz CT molecular complexity index is 814. The molecule has 148 valence electrons. The van der Waals surface area contributed by atoms with Gasteiger partial charge >= 0.3 is 0 Å². The Labute approximate surface area is 166 Å². The number of hydrogen-bond donors (Lipinski definition) is 1. The summed E-state index contributed by atoms with van der Waals surface area (Å²) in [5, 5.41) is 3.38. The van der Waals surface area contributed by atoms with Crippen LogP contribution in [0.3, 0.4) is 0 Å². The van der Waals surface area contributed by atoms with Crippen molar-refractivity contribution in [2.45, 2.75) is 31.7 Å². The summed E-state index contributed by atoms with van der Waals surface area (Å²) in [6, 6.07) is 9.11. The molecule has 3 aliphatic rings. The van der Waals surface area contributed by atoms with Gasteiger partial charge in [-0.3, -0.25) is 0 Å². The number of ether oxygens (including phenoxy) is 1. The monoisotopic (exact) mass is 380 g/mol. The fraction of sp³-hybridized carbons (Fsp3) is 0.524. The molecule has 2 aromatic rings. The minimum Gasteiger partial charge on any atom is -0.378 e. The minimum atomic E-state index is 0.610. The van der Waals surface area contributed by atoms with Gasteiger partial charge in [-0.2, -0.15) is 4.98 Å². The molecule has 0 spiro atoms. The van der Waals surface area contributed by atoms with E-state index < -0.39 is 0 Å². The number of morpholine rings is 1. The predicted octanol–water partition coefficient (Wildman–Crippen LogP) is 3.21. The lowest BCUT2D eigenvalue weighted by Crippen LogP contribution is -2.36. The molecular formula is C21H28N6O. The van der Waals surface area contributed by atoms with Crippen LogP contribution in [-0.2, 0) is 4.74 Å². The highest BCUT2D eigenvalue weighted by atomic mass is 16.5. The molecule has 7 nitrogen and oxygen atoms in total. The molecule has 0 amide bonds. The van der Waals surface area contributed by atoms with Gasteiger partial charge in [-0.1, -0.05) is 12.8 Å². The van der Waals surface area contributed by atoms with Crippen LogP contribution in [0, 0.1) is 0 Å². The van der Waals surface area contributed by atoms with Gasteiger partial charge in [0.25, 0.3) is 0 Å². The highest BCUT2D eigenvalue weighted by Gasteiger charge is 2.32. The van der Waals surface area contributed by atoms with Gasteiger partial charge in [-0.15, -0.1) is 0 Å². The average molecular weight is 380 g/mol. The van der Waals surface area contributed by atoms with E-state index in [-0.39, 0.29) is 0 Å². The molecule has 1 aromatic heterocycles. The molecule has 0 radical (unpaired) electrons. The van der Waals surface area contributed by atoms with Crippen molar-refractivity contribution in [3.63, 3.8) is 0 Å². The Kier molecular flexibility index (Phi) is 4.68. The number of fused-ring (bicyclic) bond motifs is 1. The summed E-state index contributed by atoms with van der Waals surface area (Å²) >= 11 is 0. The van der Waals surface area contributed by atoms with Gasteiger partial charge < -0.3 is 24.8 Å². The molecular weight excluding hydrogens is 352 g/mol. The molecule has 2 aliphatic heterocycles. The Hall–Kier alpha value is -2.54. The lowest BCUT2D eigenvalue weighted by Gasteiger charge is -2.28. The molecule has 1 aromatic carbocycles. The predicted molar refractivity (Wildman–Crippen MR) is 113 cm³/mol. The highest BCUT2D eigenvalue weighted by molar-refractivity contribution is 5.73. The van der Waals surface area contributed by atoms with Crippen molar-refractivity contribution in [3.05, 3.63) is 30.5 Å². The van der Waals surface area contributed by atoms with E-state index in [1.807, 2.05) is 6.20 Å². The Morgan fingerprint density at radius 3 is 2.57 bits per heavy atom. The van der Waals surface area contributed by atoms with Gasteiger partial charge in [0.1, 0.15) is 0 Å². The van der Waals surface area contributed by atoms with Crippen molar-refractivity contribution in [3.8, 4) is 0 Å². The van der Waals surface area contributed by atoms with Crippen molar-refractivity contribution >= 4 is 28.8 Å². The molecule has 1 saturated heterocycles. The maximum Gasteiger partial charge on any atom is 0.229 e. The molecule has 5 rings (SSSR count). The van der Waals surface area contributed by atoms with Crippen molar-refractivity contribution in [1.82, 2.24) is 9.97 Å². The third-order valence-electron chi connectivity index (χ3n) is 6.06. The van der Waals surface area contributed by atoms with E-state index in [4.69, 9.17) is 9.72 Å². The molecule has 0 atom stereocenters. The molecule has 28 heavy (non-hydrogen) atoms. The van der Waals surface area contributed by atoms with E-state index in [0.717, 1.165) is 50.2 Å². The minimum absolute atomic E-state index is 0.610. The molecule has 0 bridgehead atoms. The normalized spacial score (nSPS) is 20.0. The lowest BCUT2D eigenvalue weighted by atomic mass is 10.2. The quantitative estimate of drug-likeness (QED) is 0.874. The third kappa shape index (κ3) is 3.35. The number of nitrogens with zero attached hydrogens (tertiary/aromatic N) is 5. The van der Waals surface area contributed by atoms with Crippen LogP contribution in [0.4, 0.5) is 28.8 Å². The molecule has 1 saturated carbocycles. The summed E-state index contributed by atoms with van der Waals surface area (Å²) in [7, 11) is 2.12. The first-order valence-corrected chi connectivity index (χ1v) is 10.3. The van der Waals surface area contributed by atoms with Gasteiger partial charge in [-0.05, 0) is 37.1 Å². The van der Waals surface area contributed by atoms with Gasteiger partial charge in [0.15, 0.2) is 5.82 Å². The summed E-state index contributed by atoms with van der Waals surface area (Å²) in [5.41, 5.74) is 3.37. The summed E-state index contributed by atoms with van der Waals surface area (Å²) in [4.78, 5) is 16.5. The van der Waals surface area contributed by atoms with Crippen LogP contribution in [0.5, 0.6) is 0 Å². The van der Waals surface area contributed by atoms with Crippen LogP contribution in [-0.4, -0.2) is 56.0 Å². The molecule has 0 unspecified atom stereocenters. The molecule has 7 heteroatoms. The topological polar surface area (TPSA) is 56.8 Å². The number of rotatable bonds is 4. The zero-order valence-electron chi connectivity index (χ0n) is 16.5. The van der Waals surface area contributed by atoms with Crippen molar-refractivity contribution in [2.75, 3.05) is 60.0 Å². The zero-order chi connectivity index (χ0) is 18.9. The van der Waals surface area contributed by atoms with Gasteiger partial charge in [0.05, 0.1) is 31.8 Å². The second kappa shape index (κ2) is 7.47. The van der Waals surface area contributed by atoms with Crippen LogP contribution < -0.4 is 20.0 Å². The summed E-state index contributed by atoms with van der Waals surface area (Å²) in [6.45, 7) is 4.41. The van der Waals surface area contributed by atoms with Gasteiger partial charge in [0.2, 0.25) is 5.95 Å². The maximum absolute atomic E-state index is 5.44. The number of nitrogens with one attached hydrogen (secondary N) is 1. The second-order valence-electron chi connectivity index (χ2n) is 7.92. The van der Waals surface area contributed by atoms with Crippen molar-refractivity contribution < 1.29 is 4.74 Å². The van der Waals surface area contributed by atoms with Crippen LogP contribution in [0.1, 0.15) is 25.7 Å². The first-order valence-electron chi connectivity index (χ1n) is 10.3. The van der Waals surface area contributed by atoms with E-state index >= 15 is 0 Å².